The molecule has 3 rings (SSSR count). The first-order chi connectivity index (χ1) is 8.77. The van der Waals surface area contributed by atoms with Gasteiger partial charge in [-0.05, 0) is 30.9 Å². The predicted molar refractivity (Wildman–Crippen MR) is 68.2 cm³/mol. The minimum atomic E-state index is -0.495. The highest BCUT2D eigenvalue weighted by Crippen LogP contribution is 2.29. The van der Waals surface area contributed by atoms with Gasteiger partial charge in [-0.15, -0.1) is 0 Å². The number of hydrogen-bond acceptors (Lipinski definition) is 2. The molecule has 2 heterocycles. The molecule has 4 heteroatoms. The fourth-order valence-corrected chi connectivity index (χ4v) is 2.76. The van der Waals surface area contributed by atoms with Crippen LogP contribution < -0.4 is 10.2 Å². The second-order valence-electron chi connectivity index (χ2n) is 4.85. The SMILES string of the molecule is O=C1NCCC[C@@H]1C(=O)N1CCc2ccccc21. The Hall–Kier alpha value is -1.84. The summed E-state index contributed by atoms with van der Waals surface area (Å²) in [6.45, 7) is 1.39. The fraction of sp³-hybridized carbons (Fsp3) is 0.429. The normalized spacial score (nSPS) is 22.6. The van der Waals surface area contributed by atoms with Gasteiger partial charge >= 0.3 is 0 Å². The highest BCUT2D eigenvalue weighted by molar-refractivity contribution is 6.08. The van der Waals surface area contributed by atoms with Gasteiger partial charge in [0.2, 0.25) is 11.8 Å². The molecule has 1 aromatic rings. The van der Waals surface area contributed by atoms with Crippen LogP contribution in [-0.2, 0) is 16.0 Å². The van der Waals surface area contributed by atoms with Gasteiger partial charge in [0.05, 0.1) is 0 Å². The van der Waals surface area contributed by atoms with E-state index in [4.69, 9.17) is 0 Å². The van der Waals surface area contributed by atoms with E-state index >= 15 is 0 Å². The van der Waals surface area contributed by atoms with E-state index in [-0.39, 0.29) is 11.8 Å². The minimum absolute atomic E-state index is 0.0443. The number of benzene rings is 1. The Morgan fingerprint density at radius 1 is 1.33 bits per heavy atom. The molecule has 0 aliphatic carbocycles. The van der Waals surface area contributed by atoms with Crippen molar-refractivity contribution in [1.29, 1.82) is 0 Å². The van der Waals surface area contributed by atoms with E-state index < -0.39 is 5.92 Å². The zero-order chi connectivity index (χ0) is 12.5. The highest BCUT2D eigenvalue weighted by Gasteiger charge is 2.35. The molecule has 0 aromatic heterocycles. The summed E-state index contributed by atoms with van der Waals surface area (Å²) in [6, 6.07) is 7.93. The van der Waals surface area contributed by atoms with Crippen LogP contribution in [0.4, 0.5) is 5.69 Å². The number of hydrogen-bond donors (Lipinski definition) is 1. The summed E-state index contributed by atoms with van der Waals surface area (Å²) >= 11 is 0. The molecule has 4 nitrogen and oxygen atoms in total. The first-order valence-corrected chi connectivity index (χ1v) is 6.44. The molecule has 1 saturated heterocycles. The Labute approximate surface area is 106 Å². The number of nitrogens with zero attached hydrogens (tertiary/aromatic N) is 1. The summed E-state index contributed by atoms with van der Waals surface area (Å²) in [5, 5.41) is 2.77. The molecule has 0 radical (unpaired) electrons. The van der Waals surface area contributed by atoms with E-state index in [0.29, 0.717) is 19.5 Å². The number of nitrogens with one attached hydrogen (secondary N) is 1. The van der Waals surface area contributed by atoms with Gasteiger partial charge in [0, 0.05) is 18.8 Å². The van der Waals surface area contributed by atoms with E-state index in [9.17, 15) is 9.59 Å². The third-order valence-corrected chi connectivity index (χ3v) is 3.74. The quantitative estimate of drug-likeness (QED) is 0.752. The van der Waals surface area contributed by atoms with Crippen LogP contribution in [-0.4, -0.2) is 24.9 Å². The van der Waals surface area contributed by atoms with Crippen LogP contribution in [0.5, 0.6) is 0 Å². The van der Waals surface area contributed by atoms with Crippen molar-refractivity contribution in [2.24, 2.45) is 5.92 Å². The van der Waals surface area contributed by atoms with E-state index in [2.05, 4.69) is 5.32 Å². The van der Waals surface area contributed by atoms with Crippen molar-refractivity contribution in [1.82, 2.24) is 5.32 Å². The molecule has 0 bridgehead atoms. The molecule has 1 fully saturated rings. The Bertz CT molecular complexity index is 498. The number of para-hydroxylation sites is 1. The third-order valence-electron chi connectivity index (χ3n) is 3.74. The zero-order valence-corrected chi connectivity index (χ0v) is 10.2. The topological polar surface area (TPSA) is 49.4 Å². The van der Waals surface area contributed by atoms with Crippen molar-refractivity contribution in [2.45, 2.75) is 19.3 Å². The molecule has 2 aliphatic heterocycles. The van der Waals surface area contributed by atoms with Crippen LogP contribution in [0.2, 0.25) is 0 Å². The molecular weight excluding hydrogens is 228 g/mol. The summed E-state index contributed by atoms with van der Waals surface area (Å²) < 4.78 is 0. The van der Waals surface area contributed by atoms with Crippen molar-refractivity contribution in [3.63, 3.8) is 0 Å². The fourth-order valence-electron chi connectivity index (χ4n) is 2.76. The maximum absolute atomic E-state index is 12.4. The molecule has 2 amide bonds. The lowest BCUT2D eigenvalue weighted by Gasteiger charge is -2.26. The zero-order valence-electron chi connectivity index (χ0n) is 10.2. The van der Waals surface area contributed by atoms with Crippen LogP contribution in [0.15, 0.2) is 24.3 Å². The standard InChI is InChI=1S/C14H16N2O2/c17-13-11(5-3-8-15-13)14(18)16-9-7-10-4-1-2-6-12(10)16/h1-2,4,6,11H,3,5,7-9H2,(H,15,17)/t11-/m0/s1. The molecule has 2 aliphatic rings. The molecule has 1 N–H and O–H groups in total. The first kappa shape index (κ1) is 11.3. The number of carbonyl (C=O) groups is 2. The average Bonchev–Trinajstić information content (AvgIpc) is 2.82. The number of rotatable bonds is 1. The summed E-state index contributed by atoms with van der Waals surface area (Å²) in [5.41, 5.74) is 2.17. The van der Waals surface area contributed by atoms with Crippen LogP contribution in [0.3, 0.4) is 0 Å². The second-order valence-corrected chi connectivity index (χ2v) is 4.85. The molecule has 0 unspecified atom stereocenters. The van der Waals surface area contributed by atoms with Crippen molar-refractivity contribution >= 4 is 17.5 Å². The van der Waals surface area contributed by atoms with E-state index in [1.165, 1.54) is 5.56 Å². The number of carbonyl (C=O) groups excluding carboxylic acids is 2. The number of amides is 2. The second kappa shape index (κ2) is 4.44. The van der Waals surface area contributed by atoms with Crippen molar-refractivity contribution in [3.05, 3.63) is 29.8 Å². The van der Waals surface area contributed by atoms with Crippen molar-refractivity contribution in [2.75, 3.05) is 18.0 Å². The van der Waals surface area contributed by atoms with Gasteiger partial charge in [-0.1, -0.05) is 18.2 Å². The molecule has 18 heavy (non-hydrogen) atoms. The van der Waals surface area contributed by atoms with Gasteiger partial charge < -0.3 is 10.2 Å². The lowest BCUT2D eigenvalue weighted by atomic mass is 9.97. The van der Waals surface area contributed by atoms with E-state index in [0.717, 1.165) is 18.5 Å². The largest absolute Gasteiger partial charge is 0.355 e. The molecule has 0 spiro atoms. The molecule has 94 valence electrons. The van der Waals surface area contributed by atoms with Crippen molar-refractivity contribution in [3.8, 4) is 0 Å². The minimum Gasteiger partial charge on any atom is -0.355 e. The molecule has 1 atom stereocenters. The van der Waals surface area contributed by atoms with Gasteiger partial charge in [0.15, 0.2) is 0 Å². The Kier molecular flexibility index (Phi) is 2.78. The maximum atomic E-state index is 12.4. The monoisotopic (exact) mass is 244 g/mol. The first-order valence-electron chi connectivity index (χ1n) is 6.44. The molecule has 0 saturated carbocycles. The molecule has 1 aromatic carbocycles. The van der Waals surface area contributed by atoms with Gasteiger partial charge in [-0.2, -0.15) is 0 Å². The number of fused-ring (bicyclic) bond motifs is 1. The highest BCUT2D eigenvalue weighted by atomic mass is 16.2. The average molecular weight is 244 g/mol. The summed E-state index contributed by atoms with van der Waals surface area (Å²) in [4.78, 5) is 26.0. The van der Waals surface area contributed by atoms with Gasteiger partial charge in [-0.3, -0.25) is 9.59 Å². The van der Waals surface area contributed by atoms with Crippen LogP contribution in [0.1, 0.15) is 18.4 Å². The van der Waals surface area contributed by atoms with E-state index in [1.54, 1.807) is 4.90 Å². The number of anilines is 1. The van der Waals surface area contributed by atoms with Gasteiger partial charge in [-0.25, -0.2) is 0 Å². The third kappa shape index (κ3) is 1.78. The summed E-state index contributed by atoms with van der Waals surface area (Å²) in [6.07, 6.45) is 2.44. The van der Waals surface area contributed by atoms with Crippen molar-refractivity contribution < 1.29 is 9.59 Å². The van der Waals surface area contributed by atoms with Gasteiger partial charge in [0.1, 0.15) is 5.92 Å². The maximum Gasteiger partial charge on any atom is 0.239 e. The van der Waals surface area contributed by atoms with Crippen LogP contribution >= 0.6 is 0 Å². The van der Waals surface area contributed by atoms with E-state index in [1.807, 2.05) is 24.3 Å². The smallest absolute Gasteiger partial charge is 0.239 e. The number of piperidine rings is 1. The Morgan fingerprint density at radius 2 is 2.17 bits per heavy atom. The summed E-state index contributed by atoms with van der Waals surface area (Å²) in [7, 11) is 0. The van der Waals surface area contributed by atoms with Crippen LogP contribution in [0, 0.1) is 5.92 Å². The Morgan fingerprint density at radius 3 is 3.00 bits per heavy atom. The van der Waals surface area contributed by atoms with Crippen LogP contribution in [0.25, 0.3) is 0 Å². The predicted octanol–water partition coefficient (Wildman–Crippen LogP) is 1.10. The summed E-state index contributed by atoms with van der Waals surface area (Å²) in [5.74, 6) is -0.655. The molecular formula is C14H16N2O2. The Balaban J connectivity index is 1.84. The lowest BCUT2D eigenvalue weighted by molar-refractivity contribution is -0.135. The lowest BCUT2D eigenvalue weighted by Crippen LogP contribution is -2.46. The van der Waals surface area contributed by atoms with Gasteiger partial charge in [0.25, 0.3) is 0 Å².